The summed E-state index contributed by atoms with van der Waals surface area (Å²) in [6.45, 7) is 9.51. The molecular formula is C44H52F3N3O2. The fourth-order valence-electron chi connectivity index (χ4n) is 6.43. The third-order valence-electron chi connectivity index (χ3n) is 9.27. The first-order chi connectivity index (χ1) is 25.2. The van der Waals surface area contributed by atoms with Crippen molar-refractivity contribution < 1.29 is 22.8 Å². The van der Waals surface area contributed by atoms with Crippen LogP contribution in [0.25, 0.3) is 6.08 Å². The molecule has 5 rings (SSSR count). The highest BCUT2D eigenvalue weighted by Gasteiger charge is 2.35. The standard InChI is InChI=1S/C42H46F3N3O2.C2H6/c1-2-3-6-13-33-20-22-36(23-21-33)32-48(40(49)25-24-37-18-11-12-19-38(37)42(43,44)45)39(30-34-14-7-4-8-15-34)41(50)47-28-26-46(27-29-47)31-35-16-9-5-10-17-35;1-2/h4-5,7-12,14-25,39H,2-3,6,13,26-32H2,1H3;1-2H3/b25-24+;/t39-;/m0./s1. The molecule has 8 heteroatoms. The molecule has 276 valence electrons. The largest absolute Gasteiger partial charge is 0.416 e. The summed E-state index contributed by atoms with van der Waals surface area (Å²) in [5, 5.41) is 0. The van der Waals surface area contributed by atoms with Gasteiger partial charge in [0.15, 0.2) is 0 Å². The second-order valence-electron chi connectivity index (χ2n) is 13.0. The summed E-state index contributed by atoms with van der Waals surface area (Å²) in [5.74, 6) is -0.687. The molecule has 0 spiro atoms. The second-order valence-corrected chi connectivity index (χ2v) is 13.0. The van der Waals surface area contributed by atoms with Gasteiger partial charge in [0.2, 0.25) is 11.8 Å². The summed E-state index contributed by atoms with van der Waals surface area (Å²) in [6.07, 6.45) is 2.43. The maximum Gasteiger partial charge on any atom is 0.416 e. The third kappa shape index (κ3) is 11.9. The molecule has 0 bridgehead atoms. The summed E-state index contributed by atoms with van der Waals surface area (Å²) in [4.78, 5) is 34.4. The number of benzene rings is 4. The molecule has 1 fully saturated rings. The van der Waals surface area contributed by atoms with Gasteiger partial charge < -0.3 is 9.80 Å². The summed E-state index contributed by atoms with van der Waals surface area (Å²) in [5.41, 5.74) is 3.23. The molecule has 4 aromatic rings. The minimum absolute atomic E-state index is 0.106. The van der Waals surface area contributed by atoms with Gasteiger partial charge in [0.25, 0.3) is 0 Å². The fourth-order valence-corrected chi connectivity index (χ4v) is 6.43. The zero-order chi connectivity index (χ0) is 37.3. The Morgan fingerprint density at radius 2 is 1.31 bits per heavy atom. The molecule has 1 saturated heterocycles. The summed E-state index contributed by atoms with van der Waals surface area (Å²) >= 11 is 0. The molecule has 0 aromatic heterocycles. The van der Waals surface area contributed by atoms with E-state index >= 15 is 0 Å². The zero-order valence-electron chi connectivity index (χ0n) is 30.7. The first-order valence-corrected chi connectivity index (χ1v) is 18.5. The number of hydrogen-bond acceptors (Lipinski definition) is 3. The predicted octanol–water partition coefficient (Wildman–Crippen LogP) is 9.46. The summed E-state index contributed by atoms with van der Waals surface area (Å²) < 4.78 is 41.4. The average molecular weight is 712 g/mol. The van der Waals surface area contributed by atoms with Crippen molar-refractivity contribution in [3.63, 3.8) is 0 Å². The monoisotopic (exact) mass is 711 g/mol. The van der Waals surface area contributed by atoms with Crippen LogP contribution >= 0.6 is 0 Å². The van der Waals surface area contributed by atoms with Crippen LogP contribution in [0.1, 0.15) is 73.4 Å². The van der Waals surface area contributed by atoms with E-state index in [4.69, 9.17) is 0 Å². The Hall–Kier alpha value is -4.69. The SMILES string of the molecule is CC.CCCCCc1ccc(CN(C(=O)/C=C/c2ccccc2C(F)(F)F)[C@@H](Cc2ccccc2)C(=O)N2CCN(Cc3ccccc3)CC2)cc1. The van der Waals surface area contributed by atoms with Crippen LogP contribution in [0.3, 0.4) is 0 Å². The van der Waals surface area contributed by atoms with Gasteiger partial charge in [-0.2, -0.15) is 13.2 Å². The van der Waals surface area contributed by atoms with Gasteiger partial charge in [-0.05, 0) is 52.8 Å². The van der Waals surface area contributed by atoms with Crippen molar-refractivity contribution in [1.82, 2.24) is 14.7 Å². The summed E-state index contributed by atoms with van der Waals surface area (Å²) in [6, 6.07) is 32.2. The van der Waals surface area contributed by atoms with Crippen molar-refractivity contribution in [1.29, 1.82) is 0 Å². The van der Waals surface area contributed by atoms with E-state index in [-0.39, 0.29) is 24.4 Å². The number of amides is 2. The van der Waals surface area contributed by atoms with Gasteiger partial charge in [-0.25, -0.2) is 0 Å². The Morgan fingerprint density at radius 3 is 1.92 bits per heavy atom. The van der Waals surface area contributed by atoms with Crippen LogP contribution in [-0.4, -0.2) is 58.7 Å². The van der Waals surface area contributed by atoms with Crippen LogP contribution in [-0.2, 0) is 41.7 Å². The second kappa shape index (κ2) is 20.4. The highest BCUT2D eigenvalue weighted by atomic mass is 19.4. The van der Waals surface area contributed by atoms with Crippen LogP contribution in [0.4, 0.5) is 13.2 Å². The van der Waals surface area contributed by atoms with E-state index in [1.54, 1.807) is 0 Å². The molecule has 4 aromatic carbocycles. The van der Waals surface area contributed by atoms with E-state index in [0.717, 1.165) is 49.4 Å². The molecule has 1 aliphatic rings. The topological polar surface area (TPSA) is 43.9 Å². The number of carbonyl (C=O) groups is 2. The first-order valence-electron chi connectivity index (χ1n) is 18.5. The molecule has 0 unspecified atom stereocenters. The van der Waals surface area contributed by atoms with E-state index in [9.17, 15) is 22.8 Å². The number of carbonyl (C=O) groups excluding carboxylic acids is 2. The number of piperazine rings is 1. The quantitative estimate of drug-likeness (QED) is 0.0968. The van der Waals surface area contributed by atoms with E-state index in [1.165, 1.54) is 46.4 Å². The summed E-state index contributed by atoms with van der Waals surface area (Å²) in [7, 11) is 0. The van der Waals surface area contributed by atoms with E-state index in [2.05, 4.69) is 36.1 Å². The normalized spacial score (nSPS) is 14.1. The zero-order valence-corrected chi connectivity index (χ0v) is 30.7. The van der Waals surface area contributed by atoms with Crippen molar-refractivity contribution in [3.05, 3.63) is 149 Å². The molecule has 0 saturated carbocycles. The van der Waals surface area contributed by atoms with Crippen molar-refractivity contribution in [2.24, 2.45) is 0 Å². The van der Waals surface area contributed by atoms with Crippen LogP contribution in [0.2, 0.25) is 0 Å². The lowest BCUT2D eigenvalue weighted by atomic mass is 10.0. The number of rotatable bonds is 14. The first kappa shape index (κ1) is 40.1. The van der Waals surface area contributed by atoms with Crippen molar-refractivity contribution in [2.75, 3.05) is 26.2 Å². The number of unbranched alkanes of at least 4 members (excludes halogenated alkanes) is 2. The van der Waals surface area contributed by atoms with Crippen LogP contribution in [0.5, 0.6) is 0 Å². The van der Waals surface area contributed by atoms with Crippen molar-refractivity contribution in [3.8, 4) is 0 Å². The van der Waals surface area contributed by atoms with Gasteiger partial charge >= 0.3 is 6.18 Å². The number of nitrogens with zero attached hydrogens (tertiary/aromatic N) is 3. The molecule has 5 nitrogen and oxygen atoms in total. The van der Waals surface area contributed by atoms with Gasteiger partial charge in [-0.3, -0.25) is 14.5 Å². The Labute approximate surface area is 307 Å². The Kier molecular flexibility index (Phi) is 15.7. The van der Waals surface area contributed by atoms with Gasteiger partial charge in [-0.1, -0.05) is 137 Å². The molecular weight excluding hydrogens is 659 g/mol. The Morgan fingerprint density at radius 1 is 0.731 bits per heavy atom. The molecule has 1 aliphatic heterocycles. The van der Waals surface area contributed by atoms with Gasteiger partial charge in [-0.15, -0.1) is 0 Å². The smallest absolute Gasteiger partial charge is 0.338 e. The number of alkyl halides is 3. The highest BCUT2D eigenvalue weighted by molar-refractivity contribution is 5.96. The van der Waals surface area contributed by atoms with Crippen LogP contribution in [0, 0.1) is 0 Å². The highest BCUT2D eigenvalue weighted by Crippen LogP contribution is 2.32. The van der Waals surface area contributed by atoms with Crippen LogP contribution in [0.15, 0.2) is 115 Å². The van der Waals surface area contributed by atoms with E-state index in [1.807, 2.05) is 79.4 Å². The minimum Gasteiger partial charge on any atom is -0.338 e. The molecule has 0 N–H and O–H groups in total. The lowest BCUT2D eigenvalue weighted by Crippen LogP contribution is -2.56. The average Bonchev–Trinajstić information content (AvgIpc) is 3.17. The van der Waals surface area contributed by atoms with Gasteiger partial charge in [0.1, 0.15) is 6.04 Å². The maximum absolute atomic E-state index is 14.5. The predicted molar refractivity (Wildman–Crippen MR) is 204 cm³/mol. The molecule has 0 radical (unpaired) electrons. The maximum atomic E-state index is 14.5. The molecule has 0 aliphatic carbocycles. The molecule has 1 atom stereocenters. The van der Waals surface area contributed by atoms with Crippen molar-refractivity contribution in [2.45, 2.75) is 78.2 Å². The van der Waals surface area contributed by atoms with E-state index in [0.29, 0.717) is 26.2 Å². The van der Waals surface area contributed by atoms with Crippen LogP contribution < -0.4 is 0 Å². The number of aryl methyl sites for hydroxylation is 1. The fraction of sp³-hybridized carbons (Fsp3) is 0.364. The lowest BCUT2D eigenvalue weighted by molar-refractivity contribution is -0.145. The number of halogens is 3. The van der Waals surface area contributed by atoms with E-state index < -0.39 is 23.7 Å². The minimum atomic E-state index is -4.57. The Balaban J connectivity index is 0.00000297. The Bertz CT molecular complexity index is 1680. The number of hydrogen-bond donors (Lipinski definition) is 0. The van der Waals surface area contributed by atoms with Crippen molar-refractivity contribution >= 4 is 17.9 Å². The molecule has 52 heavy (non-hydrogen) atoms. The third-order valence-corrected chi connectivity index (χ3v) is 9.27. The van der Waals surface area contributed by atoms with Gasteiger partial charge in [0.05, 0.1) is 5.56 Å². The van der Waals surface area contributed by atoms with Gasteiger partial charge in [0, 0.05) is 51.8 Å². The molecule has 2 amide bonds. The molecule has 1 heterocycles. The lowest BCUT2D eigenvalue weighted by Gasteiger charge is -2.39.